The number of anilines is 1. The van der Waals surface area contributed by atoms with E-state index in [1.165, 1.54) is 12.8 Å². The molecule has 0 radical (unpaired) electrons. The van der Waals surface area contributed by atoms with Gasteiger partial charge in [0.15, 0.2) is 0 Å². The SMILES string of the molecule is CCCCCCC(Oc1ccc(NC(=O)NC(=O)c2c(F)cccc2F)cc1)c1ccccc1. The molecule has 178 valence electrons. The summed E-state index contributed by atoms with van der Waals surface area (Å²) in [7, 11) is 0. The lowest BCUT2D eigenvalue weighted by Gasteiger charge is -2.20. The van der Waals surface area contributed by atoms with Crippen LogP contribution in [0, 0.1) is 11.6 Å². The second-order valence-corrected chi connectivity index (χ2v) is 7.90. The van der Waals surface area contributed by atoms with Gasteiger partial charge in [-0.25, -0.2) is 13.6 Å². The molecule has 3 aromatic carbocycles. The minimum atomic E-state index is -1.16. The fraction of sp³-hybridized carbons (Fsp3) is 0.259. The number of carbonyl (C=O) groups excluding carboxylic acids is 2. The summed E-state index contributed by atoms with van der Waals surface area (Å²) in [6, 6.07) is 18.8. The first kappa shape index (κ1) is 24.9. The highest BCUT2D eigenvalue weighted by atomic mass is 19.1. The Labute approximate surface area is 198 Å². The molecule has 34 heavy (non-hydrogen) atoms. The quantitative estimate of drug-likeness (QED) is 0.316. The predicted molar refractivity (Wildman–Crippen MR) is 128 cm³/mol. The van der Waals surface area contributed by atoms with E-state index in [-0.39, 0.29) is 6.10 Å². The van der Waals surface area contributed by atoms with E-state index in [4.69, 9.17) is 4.74 Å². The van der Waals surface area contributed by atoms with Gasteiger partial charge < -0.3 is 10.1 Å². The summed E-state index contributed by atoms with van der Waals surface area (Å²) >= 11 is 0. The summed E-state index contributed by atoms with van der Waals surface area (Å²) in [5.74, 6) is -2.62. The van der Waals surface area contributed by atoms with Crippen LogP contribution in [0.2, 0.25) is 0 Å². The largest absolute Gasteiger partial charge is 0.486 e. The monoisotopic (exact) mass is 466 g/mol. The average molecular weight is 467 g/mol. The Hall–Kier alpha value is -3.74. The number of urea groups is 1. The molecule has 0 aromatic heterocycles. The lowest BCUT2D eigenvalue weighted by molar-refractivity contribution is 0.0959. The van der Waals surface area contributed by atoms with Crippen LogP contribution >= 0.6 is 0 Å². The molecule has 5 nitrogen and oxygen atoms in total. The Morgan fingerprint density at radius 2 is 1.53 bits per heavy atom. The van der Waals surface area contributed by atoms with E-state index >= 15 is 0 Å². The van der Waals surface area contributed by atoms with Crippen molar-refractivity contribution in [1.82, 2.24) is 5.32 Å². The number of benzene rings is 3. The van der Waals surface area contributed by atoms with Crippen LogP contribution in [-0.2, 0) is 0 Å². The zero-order valence-electron chi connectivity index (χ0n) is 19.0. The molecule has 0 aliphatic rings. The highest BCUT2D eigenvalue weighted by molar-refractivity contribution is 6.08. The fourth-order valence-corrected chi connectivity index (χ4v) is 3.54. The van der Waals surface area contributed by atoms with E-state index < -0.39 is 29.1 Å². The van der Waals surface area contributed by atoms with E-state index in [2.05, 4.69) is 12.2 Å². The van der Waals surface area contributed by atoms with Gasteiger partial charge in [-0.2, -0.15) is 0 Å². The van der Waals surface area contributed by atoms with Crippen LogP contribution in [0.5, 0.6) is 5.75 Å². The van der Waals surface area contributed by atoms with Gasteiger partial charge in [0.1, 0.15) is 29.1 Å². The molecule has 0 bridgehead atoms. The highest BCUT2D eigenvalue weighted by Crippen LogP contribution is 2.28. The van der Waals surface area contributed by atoms with Gasteiger partial charge in [0.2, 0.25) is 0 Å². The van der Waals surface area contributed by atoms with Crippen LogP contribution in [0.25, 0.3) is 0 Å². The maximum atomic E-state index is 13.7. The number of hydrogen-bond acceptors (Lipinski definition) is 3. The van der Waals surface area contributed by atoms with Crippen molar-refractivity contribution in [3.63, 3.8) is 0 Å². The molecule has 1 unspecified atom stereocenters. The van der Waals surface area contributed by atoms with E-state index in [0.717, 1.165) is 43.0 Å². The van der Waals surface area contributed by atoms with Crippen LogP contribution in [-0.4, -0.2) is 11.9 Å². The minimum Gasteiger partial charge on any atom is -0.486 e. The van der Waals surface area contributed by atoms with Crippen LogP contribution in [0.4, 0.5) is 19.3 Å². The maximum absolute atomic E-state index is 13.7. The molecular weight excluding hydrogens is 438 g/mol. The summed E-state index contributed by atoms with van der Waals surface area (Å²) in [4.78, 5) is 24.2. The lowest BCUT2D eigenvalue weighted by atomic mass is 10.0. The topological polar surface area (TPSA) is 67.4 Å². The van der Waals surface area contributed by atoms with Crippen molar-refractivity contribution >= 4 is 17.6 Å². The standard InChI is InChI=1S/C27H28F2N2O3/c1-2-3-4-8-14-24(19-10-6-5-7-11-19)34-21-17-15-20(16-18-21)30-27(33)31-26(32)25-22(28)12-9-13-23(25)29/h5-7,9-13,15-18,24H,2-4,8,14H2,1H3,(H2,30,31,32,33). The van der Waals surface area contributed by atoms with Crippen molar-refractivity contribution in [2.45, 2.75) is 45.1 Å². The summed E-state index contributed by atoms with van der Waals surface area (Å²) in [5, 5.41) is 4.40. The summed E-state index contributed by atoms with van der Waals surface area (Å²) < 4.78 is 33.7. The zero-order valence-corrected chi connectivity index (χ0v) is 19.0. The summed E-state index contributed by atoms with van der Waals surface area (Å²) in [5.41, 5.74) is 0.678. The lowest BCUT2D eigenvalue weighted by Crippen LogP contribution is -2.35. The maximum Gasteiger partial charge on any atom is 0.326 e. The third kappa shape index (κ3) is 7.13. The second-order valence-electron chi connectivity index (χ2n) is 7.90. The Morgan fingerprint density at radius 1 is 0.853 bits per heavy atom. The Morgan fingerprint density at radius 3 is 2.18 bits per heavy atom. The van der Waals surface area contributed by atoms with Gasteiger partial charge >= 0.3 is 6.03 Å². The van der Waals surface area contributed by atoms with Gasteiger partial charge in [-0.3, -0.25) is 10.1 Å². The number of unbranched alkanes of at least 4 members (excludes halogenated alkanes) is 3. The van der Waals surface area contributed by atoms with Crippen LogP contribution in [0.1, 0.15) is 61.1 Å². The first-order chi connectivity index (χ1) is 16.5. The normalized spacial score (nSPS) is 11.5. The van der Waals surface area contributed by atoms with Crippen molar-refractivity contribution < 1.29 is 23.1 Å². The summed E-state index contributed by atoms with van der Waals surface area (Å²) in [6.45, 7) is 2.18. The van der Waals surface area contributed by atoms with Gasteiger partial charge in [-0.1, -0.05) is 62.6 Å². The van der Waals surface area contributed by atoms with E-state index in [1.807, 2.05) is 35.6 Å². The van der Waals surface area contributed by atoms with Gasteiger partial charge in [0.05, 0.1) is 0 Å². The van der Waals surface area contributed by atoms with E-state index in [9.17, 15) is 18.4 Å². The molecular formula is C27H28F2N2O3. The smallest absolute Gasteiger partial charge is 0.326 e. The van der Waals surface area contributed by atoms with Gasteiger partial charge in [0, 0.05) is 5.69 Å². The highest BCUT2D eigenvalue weighted by Gasteiger charge is 2.19. The van der Waals surface area contributed by atoms with Crippen molar-refractivity contribution in [3.05, 3.63) is 95.6 Å². The first-order valence-corrected chi connectivity index (χ1v) is 11.4. The van der Waals surface area contributed by atoms with Crippen LogP contribution in [0.15, 0.2) is 72.8 Å². The molecule has 0 aliphatic carbocycles. The number of nitrogens with one attached hydrogen (secondary N) is 2. The zero-order chi connectivity index (χ0) is 24.3. The number of rotatable bonds is 10. The Bertz CT molecular complexity index is 1070. The van der Waals surface area contributed by atoms with Crippen molar-refractivity contribution in [3.8, 4) is 5.75 Å². The molecule has 0 saturated heterocycles. The molecule has 0 spiro atoms. The molecule has 3 rings (SSSR count). The molecule has 2 N–H and O–H groups in total. The van der Waals surface area contributed by atoms with Crippen molar-refractivity contribution in [1.29, 1.82) is 0 Å². The molecule has 3 amide bonds. The number of carbonyl (C=O) groups is 2. The third-order valence-electron chi connectivity index (χ3n) is 5.30. The molecule has 0 heterocycles. The van der Waals surface area contributed by atoms with Crippen molar-refractivity contribution in [2.24, 2.45) is 0 Å². The van der Waals surface area contributed by atoms with Crippen LogP contribution < -0.4 is 15.4 Å². The Balaban J connectivity index is 1.59. The molecule has 0 fully saturated rings. The summed E-state index contributed by atoms with van der Waals surface area (Å²) in [6.07, 6.45) is 5.37. The average Bonchev–Trinajstić information content (AvgIpc) is 2.82. The molecule has 0 saturated carbocycles. The number of halogens is 2. The molecule has 1 atom stereocenters. The van der Waals surface area contributed by atoms with Crippen molar-refractivity contribution in [2.75, 3.05) is 5.32 Å². The molecule has 0 aliphatic heterocycles. The predicted octanol–water partition coefficient (Wildman–Crippen LogP) is 7.02. The van der Waals surface area contributed by atoms with Gasteiger partial charge in [-0.15, -0.1) is 0 Å². The number of hydrogen-bond donors (Lipinski definition) is 2. The molecule has 3 aromatic rings. The van der Waals surface area contributed by atoms with Crippen LogP contribution in [0.3, 0.4) is 0 Å². The first-order valence-electron chi connectivity index (χ1n) is 11.4. The number of amides is 3. The van der Waals surface area contributed by atoms with Gasteiger partial charge in [0.25, 0.3) is 5.91 Å². The van der Waals surface area contributed by atoms with E-state index in [0.29, 0.717) is 11.4 Å². The second kappa shape index (κ2) is 12.5. The van der Waals surface area contributed by atoms with E-state index in [1.54, 1.807) is 24.3 Å². The fourth-order valence-electron chi connectivity index (χ4n) is 3.54. The Kier molecular flexibility index (Phi) is 9.14. The minimum absolute atomic E-state index is 0.0894. The number of ether oxygens (including phenoxy) is 1. The third-order valence-corrected chi connectivity index (χ3v) is 5.30. The van der Waals surface area contributed by atoms with Gasteiger partial charge in [-0.05, 0) is 54.8 Å². The molecule has 7 heteroatoms. The number of imide groups is 1.